The Morgan fingerprint density at radius 3 is 1.02 bits per heavy atom. The molecule has 0 spiro atoms. The van der Waals surface area contributed by atoms with Crippen LogP contribution in [-0.2, 0) is 57.2 Å². The van der Waals surface area contributed by atoms with Gasteiger partial charge in [-0.15, -0.1) is 0 Å². The number of esters is 6. The molecule has 0 aromatic heterocycles. The lowest BCUT2D eigenvalue weighted by molar-refractivity contribution is -0.167. The van der Waals surface area contributed by atoms with E-state index >= 15 is 0 Å². The Kier molecular flexibility index (Phi) is 26.5. The largest absolute Gasteiger partial charge is 0.494 e. The van der Waals surface area contributed by atoms with Crippen LogP contribution in [-0.4, -0.2) is 94.8 Å². The van der Waals surface area contributed by atoms with E-state index in [0.717, 1.165) is 16.7 Å². The average molecular weight is 915 g/mol. The number of ether oxygens (including phenoxy) is 9. The van der Waals surface area contributed by atoms with E-state index < -0.39 is 41.9 Å². The van der Waals surface area contributed by atoms with Crippen molar-refractivity contribution in [1.29, 1.82) is 0 Å². The van der Waals surface area contributed by atoms with Crippen LogP contribution in [0.25, 0.3) is 18.2 Å². The van der Waals surface area contributed by atoms with Gasteiger partial charge in [0.1, 0.15) is 30.5 Å². The minimum absolute atomic E-state index is 0.0688. The van der Waals surface area contributed by atoms with Gasteiger partial charge in [0.2, 0.25) is 0 Å². The Balaban J connectivity index is 1.40. The molecule has 0 radical (unpaired) electrons. The molecule has 0 saturated heterocycles. The first-order valence-electron chi connectivity index (χ1n) is 22.3. The zero-order chi connectivity index (χ0) is 47.6. The molecule has 0 N–H and O–H groups in total. The third-order valence-corrected chi connectivity index (χ3v) is 9.03. The highest BCUT2D eigenvalue weighted by atomic mass is 16.6. The van der Waals surface area contributed by atoms with Gasteiger partial charge < -0.3 is 42.6 Å². The SMILES string of the molecule is CCOC(=O)C=Cc1ccc(OCCCCC(=O)OCC(COC(=O)CCCCOc2ccc(C=CC(=O)OCC)cc2)OC(=O)CCCCOc2ccc(C=CC(=O)OCC)cc2)cc1. The van der Waals surface area contributed by atoms with Crippen molar-refractivity contribution in [3.8, 4) is 17.2 Å². The topological polar surface area (TPSA) is 185 Å². The van der Waals surface area contributed by atoms with Gasteiger partial charge in [-0.05, 0) is 131 Å². The summed E-state index contributed by atoms with van der Waals surface area (Å²) in [6, 6.07) is 21.6. The average Bonchev–Trinajstić information content (AvgIpc) is 3.31. The van der Waals surface area contributed by atoms with Gasteiger partial charge in [-0.3, -0.25) is 14.4 Å². The Morgan fingerprint density at radius 2 is 0.712 bits per heavy atom. The van der Waals surface area contributed by atoms with Crippen LogP contribution in [0.15, 0.2) is 91.0 Å². The zero-order valence-electron chi connectivity index (χ0n) is 38.1. The van der Waals surface area contributed by atoms with E-state index in [1.165, 1.54) is 18.2 Å². The zero-order valence-corrected chi connectivity index (χ0v) is 38.1. The third-order valence-electron chi connectivity index (χ3n) is 9.03. The van der Waals surface area contributed by atoms with Crippen LogP contribution in [0.1, 0.15) is 95.2 Å². The summed E-state index contributed by atoms with van der Waals surface area (Å²) in [4.78, 5) is 72.7. The van der Waals surface area contributed by atoms with Crippen LogP contribution in [0.4, 0.5) is 0 Å². The molecule has 0 amide bonds. The number of unbranched alkanes of at least 4 members (excludes halogenated alkanes) is 3. The molecular weight excluding hydrogens is 853 g/mol. The smallest absolute Gasteiger partial charge is 0.330 e. The Morgan fingerprint density at radius 1 is 0.409 bits per heavy atom. The number of carbonyl (C=O) groups excluding carboxylic acids is 6. The minimum atomic E-state index is -1.00. The van der Waals surface area contributed by atoms with Gasteiger partial charge in [-0.2, -0.15) is 0 Å². The molecule has 0 aliphatic carbocycles. The lowest BCUT2D eigenvalue weighted by Crippen LogP contribution is -2.31. The molecule has 0 unspecified atom stereocenters. The molecule has 356 valence electrons. The fraction of sp³-hybridized carbons (Fsp3) is 0.412. The predicted molar refractivity (Wildman–Crippen MR) is 246 cm³/mol. The molecule has 0 fully saturated rings. The summed E-state index contributed by atoms with van der Waals surface area (Å²) >= 11 is 0. The monoisotopic (exact) mass is 914 g/mol. The van der Waals surface area contributed by atoms with Gasteiger partial charge >= 0.3 is 35.8 Å². The molecule has 3 aromatic rings. The van der Waals surface area contributed by atoms with Crippen LogP contribution in [0.2, 0.25) is 0 Å². The lowest BCUT2D eigenvalue weighted by atomic mass is 10.2. The predicted octanol–water partition coefficient (Wildman–Crippen LogP) is 8.46. The normalized spacial score (nSPS) is 11.5. The highest BCUT2D eigenvalue weighted by molar-refractivity contribution is 5.88. The molecule has 0 atom stereocenters. The van der Waals surface area contributed by atoms with Gasteiger partial charge in [0.15, 0.2) is 6.10 Å². The summed E-state index contributed by atoms with van der Waals surface area (Å²) < 4.78 is 48.4. The van der Waals surface area contributed by atoms with Crippen LogP contribution in [0, 0.1) is 0 Å². The van der Waals surface area contributed by atoms with Crippen LogP contribution < -0.4 is 14.2 Å². The quantitative estimate of drug-likeness (QED) is 0.0251. The first-order valence-corrected chi connectivity index (χ1v) is 22.3. The van der Waals surface area contributed by atoms with Crippen molar-refractivity contribution in [3.05, 3.63) is 108 Å². The second-order valence-corrected chi connectivity index (χ2v) is 14.4. The molecule has 0 saturated carbocycles. The van der Waals surface area contributed by atoms with Crippen molar-refractivity contribution >= 4 is 54.0 Å². The molecule has 0 bridgehead atoms. The summed E-state index contributed by atoms with van der Waals surface area (Å²) in [5.41, 5.74) is 2.44. The van der Waals surface area contributed by atoms with Gasteiger partial charge in [0.05, 0.1) is 39.6 Å². The fourth-order valence-electron chi connectivity index (χ4n) is 5.65. The standard InChI is InChI=1S/C51H62O15/c1-4-58-48(54)31-22-39-16-25-42(26-17-39)61-34-10-7-13-46(52)64-37-45(66-51(57)15-9-12-36-63-44-29-20-41(21-30-44)24-33-50(56)60-6-3)38-65-47(53)14-8-11-35-62-43-27-18-40(19-28-43)23-32-49(55)59-5-2/h16-33,45H,4-15,34-38H2,1-3H3. The van der Waals surface area contributed by atoms with Crippen molar-refractivity contribution < 1.29 is 71.4 Å². The fourth-order valence-corrected chi connectivity index (χ4v) is 5.65. The first-order chi connectivity index (χ1) is 32.1. The Bertz CT molecular complexity index is 1900. The van der Waals surface area contributed by atoms with Crippen molar-refractivity contribution in [2.45, 2.75) is 84.7 Å². The van der Waals surface area contributed by atoms with Gasteiger partial charge in [0, 0.05) is 37.5 Å². The van der Waals surface area contributed by atoms with E-state index in [0.29, 0.717) is 95.4 Å². The summed E-state index contributed by atoms with van der Waals surface area (Å²) in [6.45, 7) is 6.65. The number of carbonyl (C=O) groups is 6. The van der Waals surface area contributed by atoms with E-state index in [1.54, 1.807) is 75.4 Å². The van der Waals surface area contributed by atoms with Crippen LogP contribution in [0.5, 0.6) is 17.2 Å². The molecule has 0 aliphatic heterocycles. The molecule has 66 heavy (non-hydrogen) atoms. The first kappa shape index (κ1) is 53.4. The van der Waals surface area contributed by atoms with Crippen LogP contribution >= 0.6 is 0 Å². The number of hydrogen-bond donors (Lipinski definition) is 0. The highest BCUT2D eigenvalue weighted by Gasteiger charge is 2.20. The van der Waals surface area contributed by atoms with Gasteiger partial charge in [-0.1, -0.05) is 36.4 Å². The minimum Gasteiger partial charge on any atom is -0.494 e. The maximum Gasteiger partial charge on any atom is 0.330 e. The van der Waals surface area contributed by atoms with E-state index in [1.807, 2.05) is 36.4 Å². The Hall–Kier alpha value is -6.90. The van der Waals surface area contributed by atoms with E-state index in [9.17, 15) is 28.8 Å². The van der Waals surface area contributed by atoms with Gasteiger partial charge in [0.25, 0.3) is 0 Å². The van der Waals surface area contributed by atoms with E-state index in [2.05, 4.69) is 0 Å². The van der Waals surface area contributed by atoms with Crippen molar-refractivity contribution in [2.24, 2.45) is 0 Å². The molecule has 0 heterocycles. The van der Waals surface area contributed by atoms with E-state index in [-0.39, 0.29) is 32.5 Å². The molecule has 3 rings (SSSR count). The second-order valence-electron chi connectivity index (χ2n) is 14.4. The molecule has 15 heteroatoms. The van der Waals surface area contributed by atoms with E-state index in [4.69, 9.17) is 42.6 Å². The number of hydrogen-bond acceptors (Lipinski definition) is 15. The Labute approximate surface area is 387 Å². The third kappa shape index (κ3) is 24.8. The highest BCUT2D eigenvalue weighted by Crippen LogP contribution is 2.17. The molecule has 0 aliphatic rings. The lowest BCUT2D eigenvalue weighted by Gasteiger charge is -2.18. The molecule has 3 aromatic carbocycles. The summed E-state index contributed by atoms with van der Waals surface area (Å²) in [5.74, 6) is -0.854. The molecular formula is C51H62O15. The maximum atomic E-state index is 12.8. The van der Waals surface area contributed by atoms with Crippen molar-refractivity contribution in [1.82, 2.24) is 0 Å². The van der Waals surface area contributed by atoms with Crippen molar-refractivity contribution in [3.63, 3.8) is 0 Å². The number of benzene rings is 3. The van der Waals surface area contributed by atoms with Crippen LogP contribution in [0.3, 0.4) is 0 Å². The molecule has 15 nitrogen and oxygen atoms in total. The summed E-state index contributed by atoms with van der Waals surface area (Å²) in [5, 5.41) is 0. The second kappa shape index (κ2) is 32.7. The number of rotatable bonds is 32. The van der Waals surface area contributed by atoms with Gasteiger partial charge in [-0.25, -0.2) is 14.4 Å². The summed E-state index contributed by atoms with van der Waals surface area (Å²) in [7, 11) is 0. The maximum absolute atomic E-state index is 12.8. The van der Waals surface area contributed by atoms with Crippen molar-refractivity contribution in [2.75, 3.05) is 52.9 Å². The summed E-state index contributed by atoms with van der Waals surface area (Å²) in [6.07, 6.45) is 11.4.